The molecule has 0 radical (unpaired) electrons. The summed E-state index contributed by atoms with van der Waals surface area (Å²) in [7, 11) is 0. The van der Waals surface area contributed by atoms with E-state index in [1.807, 2.05) is 6.92 Å². The zero-order chi connectivity index (χ0) is 8.97. The van der Waals surface area contributed by atoms with Gasteiger partial charge in [0, 0.05) is 6.20 Å². The molecule has 0 bridgehead atoms. The fourth-order valence-electron chi connectivity index (χ4n) is 0.795. The highest BCUT2D eigenvalue weighted by Gasteiger charge is 1.95. The van der Waals surface area contributed by atoms with Gasteiger partial charge in [0.15, 0.2) is 0 Å². The Kier molecular flexibility index (Phi) is 3.09. The number of aryl methyl sites for hydroxylation is 1. The molecule has 0 saturated heterocycles. The number of hydrogen-bond acceptors (Lipinski definition) is 2. The minimum atomic E-state index is -0.149. The van der Waals surface area contributed by atoms with Crippen LogP contribution in [0.1, 0.15) is 11.3 Å². The van der Waals surface area contributed by atoms with Crippen molar-refractivity contribution in [2.75, 3.05) is 6.61 Å². The lowest BCUT2D eigenvalue weighted by atomic mass is 10.2. The molecule has 0 saturated carbocycles. The zero-order valence-corrected chi connectivity index (χ0v) is 7.39. The van der Waals surface area contributed by atoms with Crippen LogP contribution in [0, 0.1) is 18.8 Å². The van der Waals surface area contributed by atoms with Crippen molar-refractivity contribution < 1.29 is 5.11 Å². The maximum absolute atomic E-state index is 8.45. The van der Waals surface area contributed by atoms with Gasteiger partial charge in [-0.1, -0.05) is 17.5 Å². The van der Waals surface area contributed by atoms with Crippen LogP contribution < -0.4 is 0 Å². The predicted molar refractivity (Wildman–Crippen MR) is 47.9 cm³/mol. The normalized spacial score (nSPS) is 8.92. The van der Waals surface area contributed by atoms with Crippen LogP contribution in [0.15, 0.2) is 12.3 Å². The van der Waals surface area contributed by atoms with E-state index in [4.69, 9.17) is 16.7 Å². The highest BCUT2D eigenvalue weighted by molar-refractivity contribution is 6.30. The summed E-state index contributed by atoms with van der Waals surface area (Å²) in [5, 5.41) is 9.04. The molecule has 0 fully saturated rings. The molecule has 1 aromatic rings. The Morgan fingerprint density at radius 1 is 1.67 bits per heavy atom. The minimum Gasteiger partial charge on any atom is -0.384 e. The molecule has 62 valence electrons. The van der Waals surface area contributed by atoms with E-state index in [9.17, 15) is 0 Å². The summed E-state index contributed by atoms with van der Waals surface area (Å²) in [5.74, 6) is 5.24. The predicted octanol–water partition coefficient (Wildman–Crippen LogP) is 1.39. The van der Waals surface area contributed by atoms with E-state index in [1.54, 1.807) is 6.07 Å². The zero-order valence-electron chi connectivity index (χ0n) is 6.63. The number of halogens is 1. The third-order valence-electron chi connectivity index (χ3n) is 1.33. The quantitative estimate of drug-likeness (QED) is 0.614. The van der Waals surface area contributed by atoms with Crippen LogP contribution in [0.5, 0.6) is 0 Å². The molecule has 0 atom stereocenters. The van der Waals surface area contributed by atoms with Crippen molar-refractivity contribution in [2.45, 2.75) is 6.92 Å². The van der Waals surface area contributed by atoms with Crippen LogP contribution in [0.2, 0.25) is 5.02 Å². The lowest BCUT2D eigenvalue weighted by molar-refractivity contribution is 0.350. The summed E-state index contributed by atoms with van der Waals surface area (Å²) in [6.07, 6.45) is 1.54. The minimum absolute atomic E-state index is 0.149. The molecule has 0 amide bonds. The molecule has 0 unspecified atom stereocenters. The number of aliphatic hydroxyl groups is 1. The lowest BCUT2D eigenvalue weighted by Crippen LogP contribution is -1.87. The molecule has 0 spiro atoms. The summed E-state index contributed by atoms with van der Waals surface area (Å²) in [5.41, 5.74) is 1.58. The molecule has 1 rings (SSSR count). The van der Waals surface area contributed by atoms with E-state index >= 15 is 0 Å². The molecule has 12 heavy (non-hydrogen) atoms. The number of aromatic nitrogens is 1. The topological polar surface area (TPSA) is 33.1 Å². The van der Waals surface area contributed by atoms with Crippen molar-refractivity contribution in [3.8, 4) is 11.8 Å². The summed E-state index contributed by atoms with van der Waals surface area (Å²) >= 11 is 5.69. The fraction of sp³-hybridized carbons (Fsp3) is 0.222. The number of hydrogen-bond donors (Lipinski definition) is 1. The van der Waals surface area contributed by atoms with Crippen molar-refractivity contribution in [3.05, 3.63) is 28.5 Å². The van der Waals surface area contributed by atoms with Crippen molar-refractivity contribution >= 4 is 11.6 Å². The number of nitrogens with zero attached hydrogens (tertiary/aromatic N) is 1. The second-order valence-corrected chi connectivity index (χ2v) is 2.72. The van der Waals surface area contributed by atoms with E-state index in [-0.39, 0.29) is 6.61 Å². The molecule has 0 aliphatic heterocycles. The monoisotopic (exact) mass is 181 g/mol. The first-order valence-electron chi connectivity index (χ1n) is 3.46. The van der Waals surface area contributed by atoms with Gasteiger partial charge in [0.2, 0.25) is 0 Å². The van der Waals surface area contributed by atoms with Gasteiger partial charge in [-0.2, -0.15) is 0 Å². The molecular formula is C9H8ClNO. The van der Waals surface area contributed by atoms with Gasteiger partial charge in [-0.15, -0.1) is 0 Å². The van der Waals surface area contributed by atoms with E-state index in [0.29, 0.717) is 10.7 Å². The summed E-state index contributed by atoms with van der Waals surface area (Å²) in [6, 6.07) is 1.79. The highest BCUT2D eigenvalue weighted by Crippen LogP contribution is 2.10. The summed E-state index contributed by atoms with van der Waals surface area (Å²) < 4.78 is 0. The second-order valence-electron chi connectivity index (χ2n) is 2.28. The number of rotatable bonds is 0. The van der Waals surface area contributed by atoms with E-state index in [2.05, 4.69) is 16.8 Å². The molecule has 0 aromatic carbocycles. The van der Waals surface area contributed by atoms with E-state index in [0.717, 1.165) is 5.56 Å². The molecule has 2 nitrogen and oxygen atoms in total. The third-order valence-corrected chi connectivity index (χ3v) is 1.54. The van der Waals surface area contributed by atoms with Gasteiger partial charge in [0.1, 0.15) is 12.3 Å². The fourth-order valence-corrected chi connectivity index (χ4v) is 1.01. The van der Waals surface area contributed by atoms with Crippen LogP contribution in [-0.4, -0.2) is 16.7 Å². The summed E-state index contributed by atoms with van der Waals surface area (Å²) in [6.45, 7) is 1.73. The Balaban J connectivity index is 3.01. The average Bonchev–Trinajstić information content (AvgIpc) is 2.03. The Morgan fingerprint density at radius 2 is 2.42 bits per heavy atom. The maximum Gasteiger partial charge on any atom is 0.116 e. The first kappa shape index (κ1) is 9.05. The van der Waals surface area contributed by atoms with Gasteiger partial charge in [0.05, 0.1) is 5.02 Å². The average molecular weight is 182 g/mol. The van der Waals surface area contributed by atoms with Crippen LogP contribution in [-0.2, 0) is 0 Å². The van der Waals surface area contributed by atoms with E-state index in [1.165, 1.54) is 6.20 Å². The SMILES string of the molecule is Cc1cc(Cl)cnc1C#CCO. The molecule has 0 aliphatic rings. The Morgan fingerprint density at radius 3 is 3.00 bits per heavy atom. The van der Waals surface area contributed by atoms with Gasteiger partial charge < -0.3 is 5.11 Å². The first-order valence-corrected chi connectivity index (χ1v) is 3.83. The van der Waals surface area contributed by atoms with Crippen molar-refractivity contribution in [1.29, 1.82) is 0 Å². The van der Waals surface area contributed by atoms with Crippen LogP contribution in [0.3, 0.4) is 0 Å². The van der Waals surface area contributed by atoms with Gasteiger partial charge in [-0.05, 0) is 24.5 Å². The van der Waals surface area contributed by atoms with Crippen LogP contribution in [0.25, 0.3) is 0 Å². The molecule has 1 aromatic heterocycles. The largest absolute Gasteiger partial charge is 0.384 e. The second kappa shape index (κ2) is 4.10. The summed E-state index contributed by atoms with van der Waals surface area (Å²) in [4.78, 5) is 4.00. The van der Waals surface area contributed by atoms with Crippen LogP contribution >= 0.6 is 11.6 Å². The third kappa shape index (κ3) is 2.23. The first-order chi connectivity index (χ1) is 5.74. The van der Waals surface area contributed by atoms with E-state index < -0.39 is 0 Å². The lowest BCUT2D eigenvalue weighted by Gasteiger charge is -1.95. The Hall–Kier alpha value is -1.04. The van der Waals surface area contributed by atoms with Crippen molar-refractivity contribution in [2.24, 2.45) is 0 Å². The molecule has 1 heterocycles. The Labute approximate surface area is 76.2 Å². The smallest absolute Gasteiger partial charge is 0.116 e. The van der Waals surface area contributed by atoms with Crippen LogP contribution in [0.4, 0.5) is 0 Å². The number of aliphatic hydroxyl groups excluding tert-OH is 1. The van der Waals surface area contributed by atoms with Crippen molar-refractivity contribution in [1.82, 2.24) is 4.98 Å². The van der Waals surface area contributed by atoms with Gasteiger partial charge >= 0.3 is 0 Å². The van der Waals surface area contributed by atoms with Gasteiger partial charge in [-0.3, -0.25) is 0 Å². The molecular weight excluding hydrogens is 174 g/mol. The Bertz CT molecular complexity index is 338. The van der Waals surface area contributed by atoms with Gasteiger partial charge in [-0.25, -0.2) is 4.98 Å². The highest BCUT2D eigenvalue weighted by atomic mass is 35.5. The molecule has 3 heteroatoms. The maximum atomic E-state index is 8.45. The molecule has 1 N–H and O–H groups in total. The van der Waals surface area contributed by atoms with Gasteiger partial charge in [0.25, 0.3) is 0 Å². The molecule has 0 aliphatic carbocycles. The standard InChI is InChI=1S/C9H8ClNO/c1-7-5-8(10)6-11-9(7)3-2-4-12/h5-6,12H,4H2,1H3. The van der Waals surface area contributed by atoms with Crippen molar-refractivity contribution in [3.63, 3.8) is 0 Å². The number of pyridine rings is 1.